The molecule has 0 radical (unpaired) electrons. The average molecular weight is 850 g/mol. The molecule has 0 spiro atoms. The number of aromatic nitrogens is 1. The van der Waals surface area contributed by atoms with E-state index in [-0.39, 0.29) is 17.5 Å². The summed E-state index contributed by atoms with van der Waals surface area (Å²) in [6.07, 6.45) is 0. The van der Waals surface area contributed by atoms with Gasteiger partial charge in [0.1, 0.15) is 0 Å². The highest BCUT2D eigenvalue weighted by atomic mass is 15.2. The molecule has 0 atom stereocenters. The molecule has 66 heavy (non-hydrogen) atoms. The Bertz CT molecular complexity index is 3440. The summed E-state index contributed by atoms with van der Waals surface area (Å²) in [7, 11) is 0. The monoisotopic (exact) mass is 849 g/mol. The van der Waals surface area contributed by atoms with Gasteiger partial charge in [0.2, 0.25) is 0 Å². The third-order valence-electron chi connectivity index (χ3n) is 14.1. The number of hydrogen-bond donors (Lipinski definition) is 0. The number of fused-ring (bicyclic) bond motifs is 7. The van der Waals surface area contributed by atoms with E-state index in [2.05, 4.69) is 262 Å². The molecule has 0 saturated carbocycles. The molecule has 0 amide bonds. The molecule has 0 unspecified atom stereocenters. The number of hydrogen-bond acceptors (Lipinski definition) is 2. The molecule has 2 aliphatic rings. The molecule has 1 aromatic heterocycles. The van der Waals surface area contributed by atoms with E-state index in [1.54, 1.807) is 0 Å². The highest BCUT2D eigenvalue weighted by Crippen LogP contribution is 2.51. The quantitative estimate of drug-likeness (QED) is 0.160. The van der Waals surface area contributed by atoms with Gasteiger partial charge in [-0.05, 0) is 104 Å². The molecular formula is C62H52BN3. The Kier molecular flexibility index (Phi) is 9.09. The molecule has 0 N–H and O–H groups in total. The van der Waals surface area contributed by atoms with Crippen LogP contribution in [0.2, 0.25) is 0 Å². The lowest BCUT2D eigenvalue weighted by Crippen LogP contribution is -2.61. The van der Waals surface area contributed by atoms with Gasteiger partial charge in [0.25, 0.3) is 6.71 Å². The summed E-state index contributed by atoms with van der Waals surface area (Å²) in [5, 5.41) is 2.52. The maximum atomic E-state index is 2.61. The van der Waals surface area contributed by atoms with Crippen molar-refractivity contribution in [2.45, 2.75) is 52.4 Å². The Hall–Kier alpha value is -7.56. The van der Waals surface area contributed by atoms with Gasteiger partial charge in [-0.3, -0.25) is 0 Å². The molecule has 12 rings (SSSR count). The lowest BCUT2D eigenvalue weighted by atomic mass is 9.33. The third-order valence-corrected chi connectivity index (χ3v) is 14.1. The van der Waals surface area contributed by atoms with Crippen LogP contribution in [0.15, 0.2) is 206 Å². The summed E-state index contributed by atoms with van der Waals surface area (Å²) in [5.41, 5.74) is 21.9. The van der Waals surface area contributed by atoms with E-state index in [9.17, 15) is 0 Å². The van der Waals surface area contributed by atoms with Crippen LogP contribution in [0.25, 0.3) is 49.7 Å². The first-order valence-corrected chi connectivity index (χ1v) is 23.4. The van der Waals surface area contributed by atoms with Crippen LogP contribution in [-0.4, -0.2) is 11.3 Å². The minimum absolute atomic E-state index is 0.00523. The standard InChI is InChI=1S/C62H52BN3/c1-61(2,3)43-32-35-45(36-33-43)64-55-30-17-14-27-51(55)63-52-28-15-18-31-56(52)66(60-47(41-20-9-7-10-21-41)25-19-26-48(60)42-22-11-8-12-23-42)58-40-46(39-57(64)59(58)63)65-53-29-16-13-24-49(53)50-38-44(62(4,5)6)34-37-54(50)65/h7-40H,1-6H3. The van der Waals surface area contributed by atoms with Crippen LogP contribution in [-0.2, 0) is 10.8 Å². The van der Waals surface area contributed by atoms with Gasteiger partial charge in [-0.25, -0.2) is 0 Å². The number of para-hydroxylation sites is 4. The second kappa shape index (κ2) is 15.0. The van der Waals surface area contributed by atoms with Gasteiger partial charge in [-0.15, -0.1) is 0 Å². The lowest BCUT2D eigenvalue weighted by Gasteiger charge is -2.45. The molecule has 2 aliphatic heterocycles. The van der Waals surface area contributed by atoms with Crippen molar-refractivity contribution in [1.29, 1.82) is 0 Å². The van der Waals surface area contributed by atoms with Crippen molar-refractivity contribution in [3.63, 3.8) is 0 Å². The second-order valence-corrected chi connectivity index (χ2v) is 20.2. The van der Waals surface area contributed by atoms with E-state index in [0.29, 0.717) is 0 Å². The first kappa shape index (κ1) is 40.0. The number of benzene rings is 9. The van der Waals surface area contributed by atoms with E-state index in [1.165, 1.54) is 94.3 Å². The molecule has 0 bridgehead atoms. The Morgan fingerprint density at radius 3 is 1.47 bits per heavy atom. The Labute approximate surface area is 389 Å². The third kappa shape index (κ3) is 6.26. The smallest absolute Gasteiger partial charge is 0.252 e. The highest BCUT2D eigenvalue weighted by Gasteiger charge is 2.44. The van der Waals surface area contributed by atoms with Crippen molar-refractivity contribution in [3.8, 4) is 27.9 Å². The van der Waals surface area contributed by atoms with Crippen LogP contribution < -0.4 is 26.2 Å². The minimum atomic E-state index is -0.00523. The lowest BCUT2D eigenvalue weighted by molar-refractivity contribution is 0.590. The summed E-state index contributed by atoms with van der Waals surface area (Å²) in [4.78, 5) is 5.15. The van der Waals surface area contributed by atoms with Crippen molar-refractivity contribution in [3.05, 3.63) is 217 Å². The molecule has 318 valence electrons. The molecule has 3 heterocycles. The highest BCUT2D eigenvalue weighted by molar-refractivity contribution is 7.00. The van der Waals surface area contributed by atoms with Gasteiger partial charge in [0.15, 0.2) is 0 Å². The van der Waals surface area contributed by atoms with Gasteiger partial charge >= 0.3 is 0 Å². The van der Waals surface area contributed by atoms with Gasteiger partial charge in [0, 0.05) is 50.3 Å². The van der Waals surface area contributed by atoms with Gasteiger partial charge < -0.3 is 14.4 Å². The van der Waals surface area contributed by atoms with E-state index < -0.39 is 0 Å². The Morgan fingerprint density at radius 2 is 0.864 bits per heavy atom. The summed E-state index contributed by atoms with van der Waals surface area (Å²) in [5.74, 6) is 0. The topological polar surface area (TPSA) is 11.4 Å². The van der Waals surface area contributed by atoms with Crippen molar-refractivity contribution in [1.82, 2.24) is 4.57 Å². The summed E-state index contributed by atoms with van der Waals surface area (Å²) < 4.78 is 2.52. The van der Waals surface area contributed by atoms with Crippen molar-refractivity contribution >= 4 is 79.0 Å². The van der Waals surface area contributed by atoms with Crippen molar-refractivity contribution in [2.75, 3.05) is 9.80 Å². The Balaban J connectivity index is 1.24. The predicted molar refractivity (Wildman–Crippen MR) is 283 cm³/mol. The number of nitrogens with zero attached hydrogens (tertiary/aromatic N) is 3. The molecule has 4 heteroatoms. The summed E-state index contributed by atoms with van der Waals surface area (Å²) in [6.45, 7) is 13.8. The minimum Gasteiger partial charge on any atom is -0.311 e. The largest absolute Gasteiger partial charge is 0.311 e. The predicted octanol–water partition coefficient (Wildman–Crippen LogP) is 14.8. The van der Waals surface area contributed by atoms with Gasteiger partial charge in [0.05, 0.1) is 22.4 Å². The molecule has 0 saturated heterocycles. The zero-order chi connectivity index (χ0) is 44.9. The Morgan fingerprint density at radius 1 is 0.364 bits per heavy atom. The van der Waals surface area contributed by atoms with Crippen LogP contribution >= 0.6 is 0 Å². The molecule has 10 aromatic rings. The van der Waals surface area contributed by atoms with Crippen LogP contribution in [0.1, 0.15) is 52.7 Å². The van der Waals surface area contributed by atoms with E-state index >= 15 is 0 Å². The van der Waals surface area contributed by atoms with E-state index in [4.69, 9.17) is 0 Å². The fourth-order valence-corrected chi connectivity index (χ4v) is 10.8. The van der Waals surface area contributed by atoms with Crippen LogP contribution in [0.4, 0.5) is 34.1 Å². The summed E-state index contributed by atoms with van der Waals surface area (Å²) >= 11 is 0. The first-order chi connectivity index (χ1) is 32.0. The zero-order valence-electron chi connectivity index (χ0n) is 38.5. The SMILES string of the molecule is CC(C)(C)c1ccc(N2c3ccccc3B3c4ccccc4N(c4c(-c5ccccc5)cccc4-c4ccccc4)c4cc(-n5c6ccccc6c6cc(C(C)(C)C)ccc65)cc2c43)cc1. The molecule has 3 nitrogen and oxygen atoms in total. The molecule has 0 aliphatic carbocycles. The van der Waals surface area contributed by atoms with Crippen molar-refractivity contribution < 1.29 is 0 Å². The van der Waals surface area contributed by atoms with Crippen LogP contribution in [0, 0.1) is 0 Å². The molecule has 9 aromatic carbocycles. The van der Waals surface area contributed by atoms with Crippen LogP contribution in [0.5, 0.6) is 0 Å². The molecule has 0 fully saturated rings. The number of rotatable bonds is 5. The van der Waals surface area contributed by atoms with Gasteiger partial charge in [-0.2, -0.15) is 0 Å². The van der Waals surface area contributed by atoms with Crippen LogP contribution in [0.3, 0.4) is 0 Å². The average Bonchev–Trinajstić information content (AvgIpc) is 3.67. The maximum absolute atomic E-state index is 2.61. The van der Waals surface area contributed by atoms with Gasteiger partial charge in [-0.1, -0.05) is 193 Å². The maximum Gasteiger partial charge on any atom is 0.252 e. The zero-order valence-corrected chi connectivity index (χ0v) is 38.5. The number of anilines is 6. The van der Waals surface area contributed by atoms with Crippen molar-refractivity contribution in [2.24, 2.45) is 0 Å². The normalized spacial score (nSPS) is 13.2. The van der Waals surface area contributed by atoms with E-state index in [1.807, 2.05) is 0 Å². The second-order valence-electron chi connectivity index (χ2n) is 20.2. The summed E-state index contributed by atoms with van der Waals surface area (Å²) in [6, 6.07) is 77.3. The fourth-order valence-electron chi connectivity index (χ4n) is 10.8. The first-order valence-electron chi connectivity index (χ1n) is 23.4. The molecular weight excluding hydrogens is 798 g/mol. The van der Waals surface area contributed by atoms with E-state index in [0.717, 1.165) is 17.1 Å². The fraction of sp³-hybridized carbons (Fsp3) is 0.129.